The van der Waals surface area contributed by atoms with Crippen molar-refractivity contribution >= 4 is 41.3 Å². The smallest absolute Gasteiger partial charge is 0.191 e. The van der Waals surface area contributed by atoms with Gasteiger partial charge < -0.3 is 15.4 Å². The molecule has 0 saturated carbocycles. The number of hydrogen-bond donors (Lipinski definition) is 2. The van der Waals surface area contributed by atoms with E-state index in [1.165, 1.54) is 4.88 Å². The van der Waals surface area contributed by atoms with Gasteiger partial charge in [-0.05, 0) is 19.9 Å². The van der Waals surface area contributed by atoms with Gasteiger partial charge in [0, 0.05) is 30.2 Å². The third kappa shape index (κ3) is 6.34. The summed E-state index contributed by atoms with van der Waals surface area (Å²) in [4.78, 5) is 9.78. The quantitative estimate of drug-likeness (QED) is 0.406. The van der Waals surface area contributed by atoms with Crippen molar-refractivity contribution in [1.29, 1.82) is 0 Å². The maximum atomic E-state index is 5.63. The molecule has 0 atom stereocenters. The van der Waals surface area contributed by atoms with Crippen molar-refractivity contribution in [1.82, 2.24) is 15.6 Å². The summed E-state index contributed by atoms with van der Waals surface area (Å²) in [5, 5.41) is 7.62. The van der Waals surface area contributed by atoms with Crippen molar-refractivity contribution in [3.8, 4) is 5.75 Å². The number of aliphatic imine (C=N–C) groups is 1. The summed E-state index contributed by atoms with van der Waals surface area (Å²) in [7, 11) is 1.76. The summed E-state index contributed by atoms with van der Waals surface area (Å²) in [5.41, 5.74) is 1.11. The van der Waals surface area contributed by atoms with Crippen LogP contribution in [0, 0.1) is 6.92 Å². The van der Waals surface area contributed by atoms with Gasteiger partial charge in [0.1, 0.15) is 10.8 Å². The van der Waals surface area contributed by atoms with E-state index in [1.54, 1.807) is 18.4 Å². The second-order valence-corrected chi connectivity index (χ2v) is 6.00. The lowest BCUT2D eigenvalue weighted by atomic mass is 10.2. The molecule has 0 aliphatic rings. The van der Waals surface area contributed by atoms with Gasteiger partial charge in [-0.1, -0.05) is 18.2 Å². The zero-order chi connectivity index (χ0) is 15.8. The van der Waals surface area contributed by atoms with E-state index in [2.05, 4.69) is 33.6 Å². The first-order valence-corrected chi connectivity index (χ1v) is 8.11. The number of rotatable bonds is 6. The molecule has 1 heterocycles. The minimum absolute atomic E-state index is 0. The van der Waals surface area contributed by atoms with Crippen LogP contribution in [-0.2, 0) is 13.1 Å². The summed E-state index contributed by atoms with van der Waals surface area (Å²) in [6.07, 6.45) is 1.89. The molecule has 2 N–H and O–H groups in total. The third-order valence-corrected chi connectivity index (χ3v) is 3.93. The molecule has 0 aliphatic carbocycles. The Morgan fingerprint density at radius 2 is 2.00 bits per heavy atom. The van der Waals surface area contributed by atoms with Gasteiger partial charge in [0.05, 0.1) is 13.2 Å². The number of ether oxygens (including phenoxy) is 1. The predicted molar refractivity (Wildman–Crippen MR) is 107 cm³/mol. The first-order valence-electron chi connectivity index (χ1n) is 7.29. The van der Waals surface area contributed by atoms with Gasteiger partial charge in [0.15, 0.2) is 5.96 Å². The minimum Gasteiger partial charge on any atom is -0.494 e. The van der Waals surface area contributed by atoms with E-state index >= 15 is 0 Å². The summed E-state index contributed by atoms with van der Waals surface area (Å²) in [6.45, 7) is 6.03. The Morgan fingerprint density at radius 3 is 2.65 bits per heavy atom. The van der Waals surface area contributed by atoms with Crippen LogP contribution in [0.3, 0.4) is 0 Å². The second-order valence-electron chi connectivity index (χ2n) is 4.68. The fourth-order valence-corrected chi connectivity index (χ4v) is 2.72. The average molecular weight is 446 g/mol. The van der Waals surface area contributed by atoms with E-state index in [-0.39, 0.29) is 24.0 Å². The Morgan fingerprint density at radius 1 is 1.26 bits per heavy atom. The largest absolute Gasteiger partial charge is 0.494 e. The van der Waals surface area contributed by atoms with Gasteiger partial charge >= 0.3 is 0 Å². The molecular weight excluding hydrogens is 423 g/mol. The van der Waals surface area contributed by atoms with Crippen LogP contribution in [0.15, 0.2) is 35.5 Å². The molecule has 126 valence electrons. The summed E-state index contributed by atoms with van der Waals surface area (Å²) >= 11 is 1.69. The molecule has 5 nitrogen and oxygen atoms in total. The second kappa shape index (κ2) is 10.4. The molecule has 0 aliphatic heterocycles. The molecule has 7 heteroatoms. The predicted octanol–water partition coefficient (Wildman–Crippen LogP) is 3.33. The number of halogens is 1. The van der Waals surface area contributed by atoms with Gasteiger partial charge in [-0.2, -0.15) is 0 Å². The maximum absolute atomic E-state index is 5.63. The Kier molecular flexibility index (Phi) is 8.93. The SMILES string of the molecule is CCOc1ccccc1CNC(=NC)NCc1ncc(C)s1.I. The van der Waals surface area contributed by atoms with Crippen molar-refractivity contribution < 1.29 is 4.74 Å². The molecule has 23 heavy (non-hydrogen) atoms. The topological polar surface area (TPSA) is 58.5 Å². The zero-order valence-corrected chi connectivity index (χ0v) is 16.8. The first kappa shape index (κ1) is 19.7. The van der Waals surface area contributed by atoms with Gasteiger partial charge in [-0.3, -0.25) is 4.99 Å². The molecule has 0 bridgehead atoms. The van der Waals surface area contributed by atoms with Crippen LogP contribution in [-0.4, -0.2) is 24.6 Å². The van der Waals surface area contributed by atoms with Gasteiger partial charge in [-0.25, -0.2) is 4.98 Å². The molecular formula is C16H23IN4OS. The van der Waals surface area contributed by atoms with Crippen LogP contribution in [0.5, 0.6) is 5.75 Å². The molecule has 1 aromatic heterocycles. The Bertz CT molecular complexity index is 630. The van der Waals surface area contributed by atoms with Crippen molar-refractivity contribution in [3.05, 3.63) is 45.9 Å². The highest BCUT2D eigenvalue weighted by Gasteiger charge is 2.05. The molecule has 2 rings (SSSR count). The third-order valence-electron chi connectivity index (χ3n) is 3.02. The van der Waals surface area contributed by atoms with Crippen LogP contribution < -0.4 is 15.4 Å². The number of aryl methyl sites for hydroxylation is 1. The molecule has 0 radical (unpaired) electrons. The monoisotopic (exact) mass is 446 g/mol. The Hall–Kier alpha value is -1.35. The van der Waals surface area contributed by atoms with Crippen molar-refractivity contribution in [2.75, 3.05) is 13.7 Å². The molecule has 1 aromatic carbocycles. The summed E-state index contributed by atoms with van der Waals surface area (Å²) < 4.78 is 5.63. The van der Waals surface area contributed by atoms with Gasteiger partial charge in [-0.15, -0.1) is 35.3 Å². The number of benzene rings is 1. The average Bonchev–Trinajstić information content (AvgIpc) is 2.95. The van der Waals surface area contributed by atoms with E-state index in [1.807, 2.05) is 31.3 Å². The molecule has 0 fully saturated rings. The highest BCUT2D eigenvalue weighted by Crippen LogP contribution is 2.17. The highest BCUT2D eigenvalue weighted by atomic mass is 127. The first-order chi connectivity index (χ1) is 10.7. The number of nitrogens with one attached hydrogen (secondary N) is 2. The van der Waals surface area contributed by atoms with Crippen LogP contribution >= 0.6 is 35.3 Å². The standard InChI is InChI=1S/C16H22N4OS.HI/c1-4-21-14-8-6-5-7-13(14)10-19-16(17-3)20-11-15-18-9-12(2)22-15;/h5-9H,4,10-11H2,1-3H3,(H2,17,19,20);1H. The van der Waals surface area contributed by atoms with E-state index in [9.17, 15) is 0 Å². The van der Waals surface area contributed by atoms with E-state index < -0.39 is 0 Å². The zero-order valence-electron chi connectivity index (χ0n) is 13.6. The highest BCUT2D eigenvalue weighted by molar-refractivity contribution is 14.0. The molecule has 0 saturated heterocycles. The molecule has 0 spiro atoms. The van der Waals surface area contributed by atoms with Gasteiger partial charge in [0.25, 0.3) is 0 Å². The maximum Gasteiger partial charge on any atom is 0.191 e. The Balaban J connectivity index is 0.00000264. The lowest BCUT2D eigenvalue weighted by Crippen LogP contribution is -2.36. The van der Waals surface area contributed by atoms with Crippen LogP contribution in [0.25, 0.3) is 0 Å². The van der Waals surface area contributed by atoms with E-state index in [4.69, 9.17) is 4.74 Å². The van der Waals surface area contributed by atoms with Crippen LogP contribution in [0.4, 0.5) is 0 Å². The number of hydrogen-bond acceptors (Lipinski definition) is 4. The molecule has 0 unspecified atom stereocenters. The normalized spacial score (nSPS) is 10.8. The van der Waals surface area contributed by atoms with Crippen molar-refractivity contribution in [2.24, 2.45) is 4.99 Å². The number of thiazole rings is 1. The Labute approximate surface area is 158 Å². The fourth-order valence-electron chi connectivity index (χ4n) is 1.99. The number of aromatic nitrogens is 1. The molecule has 0 amide bonds. The number of para-hydroxylation sites is 1. The number of guanidine groups is 1. The minimum atomic E-state index is 0. The van der Waals surface area contributed by atoms with Gasteiger partial charge in [0.2, 0.25) is 0 Å². The lowest BCUT2D eigenvalue weighted by molar-refractivity contribution is 0.336. The van der Waals surface area contributed by atoms with E-state index in [0.717, 1.165) is 22.3 Å². The lowest BCUT2D eigenvalue weighted by Gasteiger charge is -2.13. The number of nitrogens with zero attached hydrogens (tertiary/aromatic N) is 2. The van der Waals surface area contributed by atoms with Crippen molar-refractivity contribution in [3.63, 3.8) is 0 Å². The molecule has 2 aromatic rings. The summed E-state index contributed by atoms with van der Waals surface area (Å²) in [5.74, 6) is 1.66. The van der Waals surface area contributed by atoms with E-state index in [0.29, 0.717) is 19.7 Å². The fraction of sp³-hybridized carbons (Fsp3) is 0.375. The van der Waals surface area contributed by atoms with Crippen LogP contribution in [0.2, 0.25) is 0 Å². The van der Waals surface area contributed by atoms with Crippen LogP contribution in [0.1, 0.15) is 22.4 Å². The van der Waals surface area contributed by atoms with Crippen molar-refractivity contribution in [2.45, 2.75) is 26.9 Å². The summed E-state index contributed by atoms with van der Waals surface area (Å²) in [6, 6.07) is 8.02.